The van der Waals surface area contributed by atoms with E-state index < -0.39 is 11.8 Å². The van der Waals surface area contributed by atoms with Gasteiger partial charge in [0, 0.05) is 23.5 Å². The maximum absolute atomic E-state index is 12.1. The first-order chi connectivity index (χ1) is 17.6. The van der Waals surface area contributed by atoms with E-state index in [2.05, 4.69) is 5.32 Å². The zero-order valence-electron chi connectivity index (χ0n) is 21.0. The predicted octanol–water partition coefficient (Wildman–Crippen LogP) is 4.37. The molecule has 9 heteroatoms. The Kier molecular flexibility index (Phi) is 9.54. The molecule has 2 heterocycles. The van der Waals surface area contributed by atoms with E-state index in [4.69, 9.17) is 33.2 Å². The molecule has 0 bridgehead atoms. The number of rotatable bonds is 12. The number of hydrogen-bond acceptors (Lipinski definition) is 9. The van der Waals surface area contributed by atoms with E-state index in [1.165, 1.54) is 7.11 Å². The van der Waals surface area contributed by atoms with Crippen molar-refractivity contribution in [3.05, 3.63) is 53.6 Å². The Balaban J connectivity index is 1.27. The molecule has 1 atom stereocenters. The second-order valence-corrected chi connectivity index (χ2v) is 8.67. The Hall–Kier alpha value is -2.69. The van der Waals surface area contributed by atoms with Crippen LogP contribution in [0.15, 0.2) is 42.5 Å². The zero-order chi connectivity index (χ0) is 25.2. The van der Waals surface area contributed by atoms with Crippen molar-refractivity contribution in [3.63, 3.8) is 0 Å². The van der Waals surface area contributed by atoms with Crippen LogP contribution in [0.4, 0.5) is 11.4 Å². The molecule has 0 radical (unpaired) electrons. The van der Waals surface area contributed by atoms with Crippen LogP contribution in [-0.2, 0) is 34.2 Å². The Morgan fingerprint density at radius 1 is 1.00 bits per heavy atom. The highest BCUT2D eigenvalue weighted by Crippen LogP contribution is 2.37. The van der Waals surface area contributed by atoms with Gasteiger partial charge in [0.05, 0.1) is 45.7 Å². The number of esters is 1. The lowest BCUT2D eigenvalue weighted by Gasteiger charge is -2.26. The smallest absolute Gasteiger partial charge is 0.337 e. The Bertz CT molecular complexity index is 968. The van der Waals surface area contributed by atoms with Gasteiger partial charge < -0.3 is 38.5 Å². The van der Waals surface area contributed by atoms with Crippen LogP contribution in [-0.4, -0.2) is 65.6 Å². The van der Waals surface area contributed by atoms with Gasteiger partial charge in [-0.05, 0) is 62.6 Å². The average Bonchev–Trinajstić information content (AvgIpc) is 3.36. The maximum atomic E-state index is 12.1. The molecule has 0 aromatic heterocycles. The number of methoxy groups -OCH3 is 1. The van der Waals surface area contributed by atoms with Crippen molar-refractivity contribution in [3.8, 4) is 5.75 Å². The van der Waals surface area contributed by atoms with Crippen LogP contribution in [0.5, 0.6) is 5.75 Å². The standard InChI is InChI=1S/C27H35NO8/c1-27(35-17-18-36-27)23-11-6-20(26(29)30-2)19-24(23)28-21-7-9-22(10-8-21)32-15-13-31-14-16-34-25-5-3-4-12-33-25/h6-11,19,25,28H,3-5,12-18H2,1-2H3. The van der Waals surface area contributed by atoms with Gasteiger partial charge in [0.15, 0.2) is 12.1 Å². The highest BCUT2D eigenvalue weighted by atomic mass is 16.7. The molecule has 0 amide bonds. The van der Waals surface area contributed by atoms with Gasteiger partial charge in [-0.1, -0.05) is 6.07 Å². The summed E-state index contributed by atoms with van der Waals surface area (Å²) >= 11 is 0. The fraction of sp³-hybridized carbons (Fsp3) is 0.519. The van der Waals surface area contributed by atoms with Crippen LogP contribution in [0, 0.1) is 0 Å². The molecule has 0 aliphatic carbocycles. The Labute approximate surface area is 211 Å². The van der Waals surface area contributed by atoms with E-state index in [0.29, 0.717) is 50.9 Å². The summed E-state index contributed by atoms with van der Waals surface area (Å²) in [7, 11) is 1.36. The van der Waals surface area contributed by atoms with Gasteiger partial charge in [-0.3, -0.25) is 0 Å². The predicted molar refractivity (Wildman–Crippen MR) is 133 cm³/mol. The van der Waals surface area contributed by atoms with Crippen LogP contribution in [0.2, 0.25) is 0 Å². The van der Waals surface area contributed by atoms with Gasteiger partial charge in [0.1, 0.15) is 12.4 Å². The summed E-state index contributed by atoms with van der Waals surface area (Å²) in [5.41, 5.74) is 2.75. The number of benzene rings is 2. The molecule has 0 saturated carbocycles. The number of ether oxygens (including phenoxy) is 7. The van der Waals surface area contributed by atoms with Crippen molar-refractivity contribution < 1.29 is 38.0 Å². The second-order valence-electron chi connectivity index (χ2n) is 8.67. The molecule has 196 valence electrons. The van der Waals surface area contributed by atoms with Crippen molar-refractivity contribution >= 4 is 17.3 Å². The second kappa shape index (κ2) is 13.0. The quantitative estimate of drug-likeness (QED) is 0.336. The normalized spacial score (nSPS) is 19.1. The minimum Gasteiger partial charge on any atom is -0.491 e. The van der Waals surface area contributed by atoms with E-state index in [0.717, 1.165) is 42.9 Å². The fourth-order valence-corrected chi connectivity index (χ4v) is 4.15. The molecule has 2 aromatic carbocycles. The molecule has 2 aliphatic rings. The van der Waals surface area contributed by atoms with Crippen LogP contribution in [0.1, 0.15) is 42.1 Å². The van der Waals surface area contributed by atoms with E-state index in [9.17, 15) is 4.79 Å². The van der Waals surface area contributed by atoms with Crippen molar-refractivity contribution in [1.82, 2.24) is 0 Å². The number of carbonyl (C=O) groups excluding carboxylic acids is 1. The lowest BCUT2D eigenvalue weighted by atomic mass is 10.0. The van der Waals surface area contributed by atoms with Crippen LogP contribution >= 0.6 is 0 Å². The molecular weight excluding hydrogens is 466 g/mol. The van der Waals surface area contributed by atoms with Gasteiger partial charge in [-0.2, -0.15) is 0 Å². The number of anilines is 2. The van der Waals surface area contributed by atoms with Crippen molar-refractivity contribution in [1.29, 1.82) is 0 Å². The lowest BCUT2D eigenvalue weighted by molar-refractivity contribution is -0.169. The first-order valence-corrected chi connectivity index (χ1v) is 12.4. The van der Waals surface area contributed by atoms with Crippen molar-refractivity contribution in [2.24, 2.45) is 0 Å². The third-order valence-corrected chi connectivity index (χ3v) is 6.07. The summed E-state index contributed by atoms with van der Waals surface area (Å²) in [6, 6.07) is 12.8. The first kappa shape index (κ1) is 26.4. The van der Waals surface area contributed by atoms with Crippen molar-refractivity contribution in [2.75, 3.05) is 58.7 Å². The summed E-state index contributed by atoms with van der Waals surface area (Å²) in [5, 5.41) is 3.37. The van der Waals surface area contributed by atoms with Gasteiger partial charge in [0.25, 0.3) is 0 Å². The summed E-state index contributed by atoms with van der Waals surface area (Å²) in [6.07, 6.45) is 3.12. The highest BCUT2D eigenvalue weighted by molar-refractivity contribution is 5.91. The molecular formula is C27H35NO8. The molecule has 2 aromatic rings. The number of hydrogen-bond donors (Lipinski definition) is 1. The molecule has 36 heavy (non-hydrogen) atoms. The van der Waals surface area contributed by atoms with Gasteiger partial charge in [0.2, 0.25) is 0 Å². The van der Waals surface area contributed by atoms with Gasteiger partial charge in [-0.15, -0.1) is 0 Å². The molecule has 1 N–H and O–H groups in total. The summed E-state index contributed by atoms with van der Waals surface area (Å²) in [6.45, 7) is 5.58. The summed E-state index contributed by atoms with van der Waals surface area (Å²) in [4.78, 5) is 12.1. The molecule has 9 nitrogen and oxygen atoms in total. The monoisotopic (exact) mass is 501 g/mol. The Morgan fingerprint density at radius 2 is 1.78 bits per heavy atom. The fourth-order valence-electron chi connectivity index (χ4n) is 4.15. The lowest BCUT2D eigenvalue weighted by Crippen LogP contribution is -2.24. The van der Waals surface area contributed by atoms with E-state index >= 15 is 0 Å². The number of nitrogens with one attached hydrogen (secondary N) is 1. The minimum atomic E-state index is -0.894. The van der Waals surface area contributed by atoms with E-state index in [1.54, 1.807) is 12.1 Å². The summed E-state index contributed by atoms with van der Waals surface area (Å²) in [5.74, 6) is -0.578. The maximum Gasteiger partial charge on any atom is 0.337 e. The third-order valence-electron chi connectivity index (χ3n) is 6.07. The molecule has 2 saturated heterocycles. The first-order valence-electron chi connectivity index (χ1n) is 12.4. The SMILES string of the molecule is COC(=O)c1ccc(C2(C)OCCO2)c(Nc2ccc(OCCOCCOC3CCCCO3)cc2)c1. The van der Waals surface area contributed by atoms with Crippen molar-refractivity contribution in [2.45, 2.75) is 38.3 Å². The molecule has 4 rings (SSSR count). The zero-order valence-corrected chi connectivity index (χ0v) is 21.0. The van der Waals surface area contributed by atoms with Gasteiger partial charge >= 0.3 is 5.97 Å². The molecule has 2 aliphatic heterocycles. The highest BCUT2D eigenvalue weighted by Gasteiger charge is 2.35. The molecule has 0 spiro atoms. The van der Waals surface area contributed by atoms with E-state index in [-0.39, 0.29) is 6.29 Å². The largest absolute Gasteiger partial charge is 0.491 e. The average molecular weight is 502 g/mol. The van der Waals surface area contributed by atoms with Gasteiger partial charge in [-0.25, -0.2) is 4.79 Å². The third kappa shape index (κ3) is 7.18. The number of carbonyl (C=O) groups is 1. The minimum absolute atomic E-state index is 0.0918. The molecule has 1 unspecified atom stereocenters. The summed E-state index contributed by atoms with van der Waals surface area (Å²) < 4.78 is 39.1. The molecule has 2 fully saturated rings. The van der Waals surface area contributed by atoms with Crippen LogP contribution in [0.25, 0.3) is 0 Å². The van der Waals surface area contributed by atoms with Crippen LogP contribution < -0.4 is 10.1 Å². The Morgan fingerprint density at radius 3 is 2.50 bits per heavy atom. The van der Waals surface area contributed by atoms with Crippen LogP contribution in [0.3, 0.4) is 0 Å². The topological polar surface area (TPSA) is 93.7 Å². The van der Waals surface area contributed by atoms with E-state index in [1.807, 2.05) is 37.3 Å².